The number of aldehydes is 1. The molecule has 0 bridgehead atoms. The summed E-state index contributed by atoms with van der Waals surface area (Å²) in [5, 5.41) is 0. The fraction of sp³-hybridized carbons (Fsp3) is 0.625. The Bertz CT molecular complexity index is 108. The highest BCUT2D eigenvalue weighted by Crippen LogP contribution is 1.99. The van der Waals surface area contributed by atoms with Crippen LogP contribution in [0.25, 0.3) is 0 Å². The maximum atomic E-state index is 9.97. The number of carbonyl (C=O) groups is 1. The van der Waals surface area contributed by atoms with Crippen molar-refractivity contribution in [2.45, 2.75) is 20.3 Å². The third kappa shape index (κ3) is 5.35. The summed E-state index contributed by atoms with van der Waals surface area (Å²) in [5.74, 6) is 0.327. The summed E-state index contributed by atoms with van der Waals surface area (Å²) < 4.78 is 5.06. The lowest BCUT2D eigenvalue weighted by Crippen LogP contribution is -2.02. The number of rotatable bonds is 5. The Morgan fingerprint density at radius 3 is 2.80 bits per heavy atom. The van der Waals surface area contributed by atoms with Gasteiger partial charge in [0.1, 0.15) is 6.29 Å². The monoisotopic (exact) mass is 142 g/mol. The molecule has 0 aromatic heterocycles. The van der Waals surface area contributed by atoms with Crippen LogP contribution in [0.15, 0.2) is 12.3 Å². The van der Waals surface area contributed by atoms with Gasteiger partial charge in [-0.3, -0.25) is 0 Å². The van der Waals surface area contributed by atoms with E-state index in [1.165, 1.54) is 0 Å². The predicted molar refractivity (Wildman–Crippen MR) is 40.6 cm³/mol. The molecule has 0 aliphatic heterocycles. The average molecular weight is 142 g/mol. The van der Waals surface area contributed by atoms with Gasteiger partial charge in [-0.25, -0.2) is 0 Å². The van der Waals surface area contributed by atoms with E-state index >= 15 is 0 Å². The Balaban J connectivity index is 3.20. The fourth-order valence-electron chi connectivity index (χ4n) is 0.548. The third-order valence-corrected chi connectivity index (χ3v) is 1.11. The van der Waals surface area contributed by atoms with Gasteiger partial charge in [0.15, 0.2) is 0 Å². The minimum Gasteiger partial charge on any atom is -0.501 e. The molecule has 1 atom stereocenters. The lowest BCUT2D eigenvalue weighted by atomic mass is 10.1. The highest BCUT2D eigenvalue weighted by Gasteiger charge is 1.98. The Kier molecular flexibility index (Phi) is 5.83. The van der Waals surface area contributed by atoms with Crippen LogP contribution in [-0.2, 0) is 9.53 Å². The van der Waals surface area contributed by atoms with Crippen molar-refractivity contribution in [3.8, 4) is 0 Å². The summed E-state index contributed by atoms with van der Waals surface area (Å²) in [6.45, 7) is 4.51. The number of ether oxygens (including phenoxy) is 1. The minimum atomic E-state index is 0.327. The van der Waals surface area contributed by atoms with Crippen LogP contribution in [0.1, 0.15) is 20.3 Å². The summed E-state index contributed by atoms with van der Waals surface area (Å²) >= 11 is 0. The Morgan fingerprint density at radius 1 is 1.60 bits per heavy atom. The summed E-state index contributed by atoms with van der Waals surface area (Å²) in [7, 11) is 0. The first-order valence-corrected chi connectivity index (χ1v) is 3.47. The van der Waals surface area contributed by atoms with Crippen molar-refractivity contribution in [1.82, 2.24) is 0 Å². The van der Waals surface area contributed by atoms with Crippen molar-refractivity contribution >= 4 is 6.29 Å². The zero-order chi connectivity index (χ0) is 7.82. The predicted octanol–water partition coefficient (Wildman–Crippen LogP) is 1.76. The van der Waals surface area contributed by atoms with Gasteiger partial charge in [0.2, 0.25) is 0 Å². The van der Waals surface area contributed by atoms with E-state index in [9.17, 15) is 4.79 Å². The summed E-state index contributed by atoms with van der Waals surface area (Å²) in [6, 6.07) is 0. The number of hydrogen-bond donors (Lipinski definition) is 0. The summed E-state index contributed by atoms with van der Waals surface area (Å²) in [5.41, 5.74) is 0. The Hall–Kier alpha value is -0.790. The molecule has 0 fully saturated rings. The normalized spacial score (nSPS) is 13.4. The molecule has 0 amide bonds. The van der Waals surface area contributed by atoms with Crippen molar-refractivity contribution in [3.05, 3.63) is 12.3 Å². The summed E-state index contributed by atoms with van der Waals surface area (Å²) in [6.07, 6.45) is 4.97. The van der Waals surface area contributed by atoms with Gasteiger partial charge < -0.3 is 9.53 Å². The van der Waals surface area contributed by atoms with Gasteiger partial charge in [0.05, 0.1) is 12.9 Å². The first kappa shape index (κ1) is 9.21. The maximum absolute atomic E-state index is 9.97. The molecule has 0 saturated heterocycles. The molecule has 1 unspecified atom stereocenters. The molecule has 0 rings (SSSR count). The lowest BCUT2D eigenvalue weighted by molar-refractivity contribution is -0.108. The highest BCUT2D eigenvalue weighted by atomic mass is 16.5. The molecule has 0 saturated carbocycles. The lowest BCUT2D eigenvalue weighted by Gasteiger charge is -2.05. The first-order chi connectivity index (χ1) is 4.81. The molecule has 0 N–H and O–H groups in total. The molecule has 0 radical (unpaired) electrons. The van der Waals surface area contributed by atoms with Gasteiger partial charge in [0.25, 0.3) is 0 Å². The van der Waals surface area contributed by atoms with E-state index in [-0.39, 0.29) is 0 Å². The van der Waals surface area contributed by atoms with Gasteiger partial charge in [-0.15, -0.1) is 0 Å². The van der Waals surface area contributed by atoms with Gasteiger partial charge in [-0.05, 0) is 12.8 Å². The Labute approximate surface area is 61.9 Å². The van der Waals surface area contributed by atoms with E-state index in [0.717, 1.165) is 6.29 Å². The second kappa shape index (κ2) is 6.33. The molecule has 0 aromatic rings. The molecule has 2 nitrogen and oxygen atoms in total. The van der Waals surface area contributed by atoms with E-state index in [1.54, 1.807) is 6.26 Å². The number of hydrogen-bond acceptors (Lipinski definition) is 2. The van der Waals surface area contributed by atoms with Crippen LogP contribution in [0, 0.1) is 5.92 Å². The molecular weight excluding hydrogens is 128 g/mol. The molecule has 2 heteroatoms. The average Bonchev–Trinajstić information content (AvgIpc) is 1.89. The molecule has 0 aliphatic rings. The second-order valence-corrected chi connectivity index (χ2v) is 2.31. The quantitative estimate of drug-likeness (QED) is 0.432. The molecule has 58 valence electrons. The molecular formula is C8H14O2. The second-order valence-electron chi connectivity index (χ2n) is 2.31. The van der Waals surface area contributed by atoms with Crippen LogP contribution in [0.2, 0.25) is 0 Å². The SMILES string of the molecule is C/C=C\OCC(C)CC=O. The first-order valence-electron chi connectivity index (χ1n) is 3.47. The molecule has 0 aliphatic carbocycles. The van der Waals surface area contributed by atoms with Gasteiger partial charge in [-0.1, -0.05) is 13.0 Å². The van der Waals surface area contributed by atoms with Gasteiger partial charge in [0, 0.05) is 6.42 Å². The third-order valence-electron chi connectivity index (χ3n) is 1.11. The van der Waals surface area contributed by atoms with Gasteiger partial charge >= 0.3 is 0 Å². The van der Waals surface area contributed by atoms with Crippen molar-refractivity contribution in [2.75, 3.05) is 6.61 Å². The van der Waals surface area contributed by atoms with Crippen LogP contribution >= 0.6 is 0 Å². The smallest absolute Gasteiger partial charge is 0.120 e. The molecule has 10 heavy (non-hydrogen) atoms. The van der Waals surface area contributed by atoms with E-state index in [4.69, 9.17) is 4.74 Å². The summed E-state index contributed by atoms with van der Waals surface area (Å²) in [4.78, 5) is 9.97. The van der Waals surface area contributed by atoms with E-state index in [1.807, 2.05) is 19.9 Å². The molecule has 0 spiro atoms. The van der Waals surface area contributed by atoms with E-state index in [0.29, 0.717) is 18.9 Å². The van der Waals surface area contributed by atoms with Crippen molar-refractivity contribution < 1.29 is 9.53 Å². The van der Waals surface area contributed by atoms with Crippen molar-refractivity contribution in [2.24, 2.45) is 5.92 Å². The fourth-order valence-corrected chi connectivity index (χ4v) is 0.548. The van der Waals surface area contributed by atoms with Crippen molar-refractivity contribution in [3.63, 3.8) is 0 Å². The zero-order valence-electron chi connectivity index (χ0n) is 6.54. The Morgan fingerprint density at radius 2 is 2.30 bits per heavy atom. The largest absolute Gasteiger partial charge is 0.501 e. The zero-order valence-corrected chi connectivity index (χ0v) is 6.54. The van der Waals surface area contributed by atoms with Gasteiger partial charge in [-0.2, -0.15) is 0 Å². The molecule has 0 aromatic carbocycles. The van der Waals surface area contributed by atoms with Crippen LogP contribution in [0.5, 0.6) is 0 Å². The van der Waals surface area contributed by atoms with Crippen LogP contribution in [0.4, 0.5) is 0 Å². The van der Waals surface area contributed by atoms with Crippen molar-refractivity contribution in [1.29, 1.82) is 0 Å². The van der Waals surface area contributed by atoms with Crippen LogP contribution in [0.3, 0.4) is 0 Å². The van der Waals surface area contributed by atoms with E-state index in [2.05, 4.69) is 0 Å². The maximum Gasteiger partial charge on any atom is 0.120 e. The van der Waals surface area contributed by atoms with E-state index < -0.39 is 0 Å². The highest BCUT2D eigenvalue weighted by molar-refractivity contribution is 5.49. The van der Waals surface area contributed by atoms with Crippen LogP contribution < -0.4 is 0 Å². The standard InChI is InChI=1S/C8H14O2/c1-3-6-10-7-8(2)4-5-9/h3,5-6,8H,4,7H2,1-2H3/b6-3-. The topological polar surface area (TPSA) is 26.3 Å². The van der Waals surface area contributed by atoms with Crippen LogP contribution in [-0.4, -0.2) is 12.9 Å². The minimum absolute atomic E-state index is 0.327. The number of allylic oxidation sites excluding steroid dienone is 1. The number of carbonyl (C=O) groups excluding carboxylic acids is 1. The molecule has 0 heterocycles.